The summed E-state index contributed by atoms with van der Waals surface area (Å²) in [4.78, 5) is 6.55. The summed E-state index contributed by atoms with van der Waals surface area (Å²) in [7, 11) is 2.29. The largest absolute Gasteiger partial charge is 0.309 e. The second kappa shape index (κ2) is 6.03. The zero-order valence-corrected chi connectivity index (χ0v) is 12.9. The van der Waals surface area contributed by atoms with E-state index >= 15 is 0 Å². The van der Waals surface area contributed by atoms with Crippen molar-refractivity contribution in [3.63, 3.8) is 0 Å². The van der Waals surface area contributed by atoms with Crippen LogP contribution < -0.4 is 4.72 Å². The summed E-state index contributed by atoms with van der Waals surface area (Å²) < 4.78 is 25.6. The molecule has 1 heterocycles. The molecule has 1 unspecified atom stereocenters. The van der Waals surface area contributed by atoms with Gasteiger partial charge in [0.25, 0.3) is 0 Å². The number of benzene rings is 1. The number of fused-ring (bicyclic) bond motifs is 1. The third-order valence-corrected chi connectivity index (χ3v) is 4.78. The van der Waals surface area contributed by atoms with Crippen molar-refractivity contribution in [2.75, 3.05) is 27.7 Å². The molecule has 2 rings (SSSR count). The smallest absolute Gasteiger partial charge is 0.215 e. The fourth-order valence-electron chi connectivity index (χ4n) is 2.28. The van der Waals surface area contributed by atoms with Crippen molar-refractivity contribution in [2.24, 2.45) is 4.99 Å². The average Bonchev–Trinajstić information content (AvgIpc) is 2.78. The lowest BCUT2D eigenvalue weighted by Gasteiger charge is -2.14. The van der Waals surface area contributed by atoms with E-state index in [2.05, 4.69) is 14.6 Å². The molecule has 1 aliphatic heterocycles. The molecule has 1 atom stereocenters. The van der Waals surface area contributed by atoms with Gasteiger partial charge >= 0.3 is 0 Å². The van der Waals surface area contributed by atoms with E-state index in [1.165, 1.54) is 7.05 Å². The Morgan fingerprint density at radius 1 is 1.35 bits per heavy atom. The summed E-state index contributed by atoms with van der Waals surface area (Å²) in [5, 5.41) is 0. The first-order chi connectivity index (χ1) is 9.41. The number of hydrogen-bond acceptors (Lipinski definition) is 4. The van der Waals surface area contributed by atoms with Gasteiger partial charge in [0, 0.05) is 12.1 Å². The molecule has 5 nitrogen and oxygen atoms in total. The minimum atomic E-state index is -3.23. The Bertz CT molecular complexity index is 609. The zero-order chi connectivity index (χ0) is 14.8. The summed E-state index contributed by atoms with van der Waals surface area (Å²) >= 11 is 0. The summed E-state index contributed by atoms with van der Waals surface area (Å²) in [6.07, 6.45) is 2.95. The lowest BCUT2D eigenvalue weighted by Crippen LogP contribution is -2.20. The Hall–Kier alpha value is -1.24. The fourth-order valence-corrected chi connectivity index (χ4v) is 3.04. The lowest BCUT2D eigenvalue weighted by molar-refractivity contribution is 0.397. The number of sulfonamides is 1. The molecule has 0 bridgehead atoms. The van der Waals surface area contributed by atoms with Gasteiger partial charge in [0.15, 0.2) is 0 Å². The molecule has 0 saturated heterocycles. The molecule has 0 aliphatic carbocycles. The first-order valence-corrected chi connectivity index (χ1v) is 8.29. The molecule has 20 heavy (non-hydrogen) atoms. The SMILES string of the molecule is CNS(=O)(=O)Cc1ccc2c(c1)C(CCN(C)C)C=N2. The molecule has 6 heteroatoms. The van der Waals surface area contributed by atoms with E-state index in [4.69, 9.17) is 0 Å². The highest BCUT2D eigenvalue weighted by Gasteiger charge is 2.20. The Balaban J connectivity index is 2.17. The van der Waals surface area contributed by atoms with Crippen molar-refractivity contribution < 1.29 is 8.42 Å². The molecule has 1 N–H and O–H groups in total. The second-order valence-corrected chi connectivity index (χ2v) is 7.26. The van der Waals surface area contributed by atoms with Gasteiger partial charge in [-0.25, -0.2) is 13.1 Å². The van der Waals surface area contributed by atoms with Crippen molar-refractivity contribution in [3.8, 4) is 0 Å². The highest BCUT2D eigenvalue weighted by Crippen LogP contribution is 2.35. The maximum atomic E-state index is 11.6. The van der Waals surface area contributed by atoms with Crippen LogP contribution in [0.15, 0.2) is 23.2 Å². The van der Waals surface area contributed by atoms with Crippen molar-refractivity contribution in [1.82, 2.24) is 9.62 Å². The molecular weight excluding hydrogens is 274 g/mol. The molecule has 0 radical (unpaired) electrons. The Morgan fingerprint density at radius 2 is 2.10 bits per heavy atom. The van der Waals surface area contributed by atoms with Gasteiger partial charge in [-0.05, 0) is 51.3 Å². The van der Waals surface area contributed by atoms with Gasteiger partial charge < -0.3 is 4.90 Å². The molecule has 1 aromatic rings. The first-order valence-electron chi connectivity index (χ1n) is 6.64. The van der Waals surface area contributed by atoms with Gasteiger partial charge in [0.05, 0.1) is 11.4 Å². The van der Waals surface area contributed by atoms with Crippen LogP contribution in [0.25, 0.3) is 0 Å². The highest BCUT2D eigenvalue weighted by molar-refractivity contribution is 7.88. The monoisotopic (exact) mass is 295 g/mol. The van der Waals surface area contributed by atoms with E-state index in [0.717, 1.165) is 29.8 Å². The van der Waals surface area contributed by atoms with Crippen molar-refractivity contribution >= 4 is 21.9 Å². The van der Waals surface area contributed by atoms with E-state index in [9.17, 15) is 8.42 Å². The standard InChI is InChI=1S/C14H21N3O2S/c1-15-20(18,19)10-11-4-5-14-13(8-11)12(9-16-14)6-7-17(2)3/h4-5,8-9,12,15H,6-7,10H2,1-3H3. The number of nitrogens with zero attached hydrogens (tertiary/aromatic N) is 2. The summed E-state index contributed by atoms with van der Waals surface area (Å²) in [6, 6.07) is 5.71. The van der Waals surface area contributed by atoms with Crippen molar-refractivity contribution in [2.45, 2.75) is 18.1 Å². The molecule has 1 aliphatic rings. The van der Waals surface area contributed by atoms with Gasteiger partial charge in [-0.15, -0.1) is 0 Å². The normalized spacial score (nSPS) is 17.7. The maximum absolute atomic E-state index is 11.6. The van der Waals surface area contributed by atoms with Crippen LogP contribution >= 0.6 is 0 Å². The third kappa shape index (κ3) is 3.65. The van der Waals surface area contributed by atoms with Crippen LogP contribution in [-0.4, -0.2) is 47.2 Å². The molecule has 0 amide bonds. The van der Waals surface area contributed by atoms with E-state index in [0.29, 0.717) is 0 Å². The van der Waals surface area contributed by atoms with E-state index in [1.54, 1.807) is 0 Å². The first kappa shape index (κ1) is 15.2. The topological polar surface area (TPSA) is 61.8 Å². The molecule has 0 saturated carbocycles. The van der Waals surface area contributed by atoms with Gasteiger partial charge in [0.1, 0.15) is 0 Å². The number of hydrogen-bond donors (Lipinski definition) is 1. The summed E-state index contributed by atoms with van der Waals surface area (Å²) in [5.74, 6) is 0.293. The Morgan fingerprint density at radius 3 is 2.75 bits per heavy atom. The molecule has 0 fully saturated rings. The van der Waals surface area contributed by atoms with Gasteiger partial charge in [-0.3, -0.25) is 4.99 Å². The van der Waals surface area contributed by atoms with Crippen LogP contribution in [0.5, 0.6) is 0 Å². The number of aliphatic imine (C=N–C) groups is 1. The maximum Gasteiger partial charge on any atom is 0.215 e. The van der Waals surface area contributed by atoms with Crippen LogP contribution in [0.3, 0.4) is 0 Å². The quantitative estimate of drug-likeness (QED) is 0.865. The predicted octanol–water partition coefficient (Wildman–Crippen LogP) is 1.49. The van der Waals surface area contributed by atoms with Gasteiger partial charge in [-0.1, -0.05) is 12.1 Å². The van der Waals surface area contributed by atoms with Crippen molar-refractivity contribution in [3.05, 3.63) is 29.3 Å². The average molecular weight is 295 g/mol. The number of rotatable bonds is 6. The van der Waals surface area contributed by atoms with Crippen LogP contribution in [0.1, 0.15) is 23.5 Å². The Labute approximate surface area is 120 Å². The fraction of sp³-hybridized carbons (Fsp3) is 0.500. The molecule has 0 aromatic heterocycles. The second-order valence-electron chi connectivity index (χ2n) is 5.33. The third-order valence-electron chi connectivity index (χ3n) is 3.44. The summed E-state index contributed by atoms with van der Waals surface area (Å²) in [5.41, 5.74) is 2.90. The van der Waals surface area contributed by atoms with Crippen LogP contribution in [0.4, 0.5) is 5.69 Å². The van der Waals surface area contributed by atoms with E-state index in [-0.39, 0.29) is 11.7 Å². The molecule has 110 valence electrons. The molecular formula is C14H21N3O2S. The van der Waals surface area contributed by atoms with Crippen LogP contribution in [-0.2, 0) is 15.8 Å². The number of nitrogens with one attached hydrogen (secondary N) is 1. The highest BCUT2D eigenvalue weighted by atomic mass is 32.2. The van der Waals surface area contributed by atoms with E-state index < -0.39 is 10.0 Å². The Kier molecular flexibility index (Phi) is 4.57. The molecule has 1 aromatic carbocycles. The van der Waals surface area contributed by atoms with Crippen LogP contribution in [0, 0.1) is 0 Å². The summed E-state index contributed by atoms with van der Waals surface area (Å²) in [6.45, 7) is 0.981. The predicted molar refractivity (Wildman–Crippen MR) is 82.2 cm³/mol. The zero-order valence-electron chi connectivity index (χ0n) is 12.1. The van der Waals surface area contributed by atoms with E-state index in [1.807, 2.05) is 38.5 Å². The lowest BCUT2D eigenvalue weighted by atomic mass is 9.96. The van der Waals surface area contributed by atoms with Gasteiger partial charge in [-0.2, -0.15) is 0 Å². The van der Waals surface area contributed by atoms with Crippen LogP contribution in [0.2, 0.25) is 0 Å². The van der Waals surface area contributed by atoms with Crippen molar-refractivity contribution in [1.29, 1.82) is 0 Å². The minimum Gasteiger partial charge on any atom is -0.309 e. The molecule has 0 spiro atoms. The van der Waals surface area contributed by atoms with Gasteiger partial charge in [0.2, 0.25) is 10.0 Å². The minimum absolute atomic E-state index is 0.0111.